The SMILES string of the molecule is COc1ccc(OCCOC(=O)COc2ccc3ccc(=O)oc3c2)cc1. The van der Waals surface area contributed by atoms with Gasteiger partial charge in [-0.15, -0.1) is 0 Å². The molecule has 0 unspecified atom stereocenters. The Labute approximate surface area is 155 Å². The van der Waals surface area contributed by atoms with Crippen LogP contribution in [0.5, 0.6) is 17.2 Å². The molecule has 3 aromatic rings. The van der Waals surface area contributed by atoms with E-state index in [0.29, 0.717) is 17.1 Å². The molecule has 0 aliphatic rings. The first-order valence-corrected chi connectivity index (χ1v) is 8.23. The van der Waals surface area contributed by atoms with Crippen LogP contribution in [-0.4, -0.2) is 32.9 Å². The van der Waals surface area contributed by atoms with E-state index in [4.69, 9.17) is 23.4 Å². The summed E-state index contributed by atoms with van der Waals surface area (Å²) >= 11 is 0. The molecule has 0 spiro atoms. The van der Waals surface area contributed by atoms with E-state index in [2.05, 4.69) is 0 Å². The van der Waals surface area contributed by atoms with Crippen molar-refractivity contribution in [3.05, 3.63) is 65.0 Å². The number of carbonyl (C=O) groups excluding carboxylic acids is 1. The zero-order valence-electron chi connectivity index (χ0n) is 14.7. The van der Waals surface area contributed by atoms with Crippen molar-refractivity contribution in [3.8, 4) is 17.2 Å². The maximum atomic E-state index is 11.7. The average Bonchev–Trinajstić information content (AvgIpc) is 2.69. The van der Waals surface area contributed by atoms with Crippen molar-refractivity contribution in [1.29, 1.82) is 0 Å². The van der Waals surface area contributed by atoms with E-state index in [1.165, 1.54) is 6.07 Å². The highest BCUT2D eigenvalue weighted by atomic mass is 16.6. The Hall–Kier alpha value is -3.48. The van der Waals surface area contributed by atoms with Gasteiger partial charge < -0.3 is 23.4 Å². The molecule has 27 heavy (non-hydrogen) atoms. The average molecular weight is 370 g/mol. The van der Waals surface area contributed by atoms with Crippen LogP contribution in [0.2, 0.25) is 0 Å². The minimum absolute atomic E-state index is 0.0980. The molecule has 3 rings (SSSR count). The molecule has 0 fully saturated rings. The van der Waals surface area contributed by atoms with Gasteiger partial charge in [-0.2, -0.15) is 0 Å². The van der Waals surface area contributed by atoms with Crippen LogP contribution in [0, 0.1) is 0 Å². The number of fused-ring (bicyclic) bond motifs is 1. The van der Waals surface area contributed by atoms with E-state index in [-0.39, 0.29) is 19.8 Å². The molecule has 0 aliphatic heterocycles. The molecule has 0 atom stereocenters. The molecule has 0 radical (unpaired) electrons. The van der Waals surface area contributed by atoms with Gasteiger partial charge >= 0.3 is 11.6 Å². The zero-order valence-corrected chi connectivity index (χ0v) is 14.7. The maximum absolute atomic E-state index is 11.7. The molecule has 0 N–H and O–H groups in total. The van der Waals surface area contributed by atoms with Crippen molar-refractivity contribution in [2.75, 3.05) is 26.9 Å². The molecule has 2 aromatic carbocycles. The van der Waals surface area contributed by atoms with E-state index in [1.807, 2.05) is 0 Å². The topological polar surface area (TPSA) is 84.2 Å². The van der Waals surface area contributed by atoms with Gasteiger partial charge in [0.15, 0.2) is 6.61 Å². The second-order valence-electron chi connectivity index (χ2n) is 5.49. The van der Waals surface area contributed by atoms with Crippen LogP contribution < -0.4 is 19.8 Å². The second kappa shape index (κ2) is 8.75. The van der Waals surface area contributed by atoms with Gasteiger partial charge in [0.1, 0.15) is 36.0 Å². The largest absolute Gasteiger partial charge is 0.497 e. The third-order valence-electron chi connectivity index (χ3n) is 3.63. The summed E-state index contributed by atoms with van der Waals surface area (Å²) in [5.74, 6) is 1.27. The van der Waals surface area contributed by atoms with Crippen LogP contribution in [0.15, 0.2) is 63.8 Å². The highest BCUT2D eigenvalue weighted by molar-refractivity contribution is 5.78. The van der Waals surface area contributed by atoms with Crippen LogP contribution in [0.25, 0.3) is 11.0 Å². The van der Waals surface area contributed by atoms with E-state index >= 15 is 0 Å². The van der Waals surface area contributed by atoms with Gasteiger partial charge in [-0.1, -0.05) is 0 Å². The van der Waals surface area contributed by atoms with Crippen LogP contribution >= 0.6 is 0 Å². The number of hydrogen-bond acceptors (Lipinski definition) is 7. The summed E-state index contributed by atoms with van der Waals surface area (Å²) in [5.41, 5.74) is -0.0582. The van der Waals surface area contributed by atoms with E-state index in [9.17, 15) is 9.59 Å². The van der Waals surface area contributed by atoms with Crippen molar-refractivity contribution in [2.24, 2.45) is 0 Å². The fourth-order valence-electron chi connectivity index (χ4n) is 2.30. The van der Waals surface area contributed by atoms with Crippen LogP contribution in [0.3, 0.4) is 0 Å². The first-order chi connectivity index (χ1) is 13.1. The Kier molecular flexibility index (Phi) is 5.94. The number of benzene rings is 2. The van der Waals surface area contributed by atoms with E-state index < -0.39 is 11.6 Å². The van der Waals surface area contributed by atoms with Gasteiger partial charge in [0, 0.05) is 17.5 Å². The summed E-state index contributed by atoms with van der Waals surface area (Å²) in [6, 6.07) is 15.1. The van der Waals surface area contributed by atoms with Gasteiger partial charge in [-0.05, 0) is 42.5 Å². The fourth-order valence-corrected chi connectivity index (χ4v) is 2.30. The maximum Gasteiger partial charge on any atom is 0.344 e. The van der Waals surface area contributed by atoms with Crippen LogP contribution in [0.1, 0.15) is 0 Å². The molecule has 0 saturated heterocycles. The normalized spacial score (nSPS) is 10.4. The minimum atomic E-state index is -0.525. The van der Waals surface area contributed by atoms with Gasteiger partial charge in [0.05, 0.1) is 7.11 Å². The molecule has 7 nitrogen and oxygen atoms in total. The summed E-state index contributed by atoms with van der Waals surface area (Å²) in [4.78, 5) is 23.0. The first kappa shape index (κ1) is 18.3. The zero-order chi connectivity index (χ0) is 19.1. The third-order valence-corrected chi connectivity index (χ3v) is 3.63. The van der Waals surface area contributed by atoms with Crippen molar-refractivity contribution in [3.63, 3.8) is 0 Å². The molecule has 1 aromatic heterocycles. The summed E-state index contributed by atoms with van der Waals surface area (Å²) in [6.07, 6.45) is 0. The summed E-state index contributed by atoms with van der Waals surface area (Å²) < 4.78 is 26.0. The number of rotatable bonds is 8. The third kappa shape index (κ3) is 5.24. The standard InChI is InChI=1S/C20H18O7/c1-23-15-5-7-16(8-6-15)24-10-11-25-20(22)13-26-17-4-2-14-3-9-19(21)27-18(14)12-17/h2-9,12H,10-11,13H2,1H3. The molecule has 0 bridgehead atoms. The number of esters is 1. The molecule has 7 heteroatoms. The smallest absolute Gasteiger partial charge is 0.344 e. The lowest BCUT2D eigenvalue weighted by Gasteiger charge is -2.09. The molecule has 0 aliphatic carbocycles. The van der Waals surface area contributed by atoms with E-state index in [0.717, 1.165) is 11.1 Å². The first-order valence-electron chi connectivity index (χ1n) is 8.23. The van der Waals surface area contributed by atoms with Crippen molar-refractivity contribution in [2.45, 2.75) is 0 Å². The Balaban J connectivity index is 1.41. The summed E-state index contributed by atoms with van der Waals surface area (Å²) in [7, 11) is 1.59. The van der Waals surface area contributed by atoms with Gasteiger partial charge in [-0.3, -0.25) is 0 Å². The number of carbonyl (C=O) groups is 1. The quantitative estimate of drug-likeness (QED) is 0.342. The molecular formula is C20H18O7. The van der Waals surface area contributed by atoms with Gasteiger partial charge in [0.2, 0.25) is 0 Å². The Morgan fingerprint density at radius 2 is 1.59 bits per heavy atom. The molecular weight excluding hydrogens is 352 g/mol. The predicted octanol–water partition coefficient (Wildman–Crippen LogP) is 2.80. The minimum Gasteiger partial charge on any atom is -0.497 e. The monoisotopic (exact) mass is 370 g/mol. The highest BCUT2D eigenvalue weighted by Gasteiger charge is 2.06. The highest BCUT2D eigenvalue weighted by Crippen LogP contribution is 2.19. The molecule has 140 valence electrons. The lowest BCUT2D eigenvalue weighted by molar-refractivity contribution is -0.146. The second-order valence-corrected chi connectivity index (χ2v) is 5.49. The summed E-state index contributed by atoms with van der Waals surface area (Å²) in [5, 5.41) is 0.764. The van der Waals surface area contributed by atoms with Crippen molar-refractivity contribution >= 4 is 16.9 Å². The lowest BCUT2D eigenvalue weighted by atomic mass is 10.2. The lowest BCUT2D eigenvalue weighted by Crippen LogP contribution is -2.18. The number of ether oxygens (including phenoxy) is 4. The van der Waals surface area contributed by atoms with E-state index in [1.54, 1.807) is 55.6 Å². The Morgan fingerprint density at radius 1 is 0.889 bits per heavy atom. The van der Waals surface area contributed by atoms with Crippen LogP contribution in [-0.2, 0) is 9.53 Å². The number of methoxy groups -OCH3 is 1. The predicted molar refractivity (Wildman–Crippen MR) is 97.4 cm³/mol. The summed E-state index contributed by atoms with van der Waals surface area (Å²) in [6.45, 7) is 0.0606. The number of hydrogen-bond donors (Lipinski definition) is 0. The Bertz CT molecular complexity index is 960. The molecule has 0 saturated carbocycles. The van der Waals surface area contributed by atoms with Crippen molar-refractivity contribution < 1.29 is 28.2 Å². The molecule has 0 amide bonds. The fraction of sp³-hybridized carbons (Fsp3) is 0.200. The van der Waals surface area contributed by atoms with Gasteiger partial charge in [0.25, 0.3) is 0 Å². The molecule has 1 heterocycles. The van der Waals surface area contributed by atoms with Crippen LogP contribution in [0.4, 0.5) is 0 Å². The van der Waals surface area contributed by atoms with Gasteiger partial charge in [-0.25, -0.2) is 9.59 Å². The Morgan fingerprint density at radius 3 is 2.37 bits per heavy atom. The van der Waals surface area contributed by atoms with Crippen molar-refractivity contribution in [1.82, 2.24) is 0 Å².